The molecule has 0 aliphatic heterocycles. The molecule has 0 heterocycles. The van der Waals surface area contributed by atoms with E-state index in [-0.39, 0.29) is 10.6 Å². The number of carbonyl (C=O) groups is 1. The third kappa shape index (κ3) is 6.39. The van der Waals surface area contributed by atoms with Crippen molar-refractivity contribution in [2.45, 2.75) is 44.3 Å². The first-order valence-electron chi connectivity index (χ1n) is 6.75. The van der Waals surface area contributed by atoms with Gasteiger partial charge in [0.15, 0.2) is 0 Å². The zero-order valence-electron chi connectivity index (χ0n) is 13.1. The minimum atomic E-state index is -4.98. The zero-order valence-corrected chi connectivity index (χ0v) is 14.7. The van der Waals surface area contributed by atoms with Crippen LogP contribution in [0.2, 0.25) is 5.02 Å². The molecule has 0 saturated heterocycles. The second-order valence-electron chi connectivity index (χ2n) is 5.85. The van der Waals surface area contributed by atoms with E-state index in [1.54, 1.807) is 20.8 Å². The molecule has 0 fully saturated rings. The summed E-state index contributed by atoms with van der Waals surface area (Å²) < 4.78 is 55.6. The lowest BCUT2D eigenvalue weighted by atomic mass is 10.0. The van der Waals surface area contributed by atoms with Crippen molar-refractivity contribution >= 4 is 28.9 Å². The van der Waals surface area contributed by atoms with Crippen molar-refractivity contribution in [1.29, 1.82) is 0 Å². The van der Waals surface area contributed by atoms with Crippen LogP contribution in [0.25, 0.3) is 0 Å². The van der Waals surface area contributed by atoms with Crippen LogP contribution in [0.5, 0.6) is 5.75 Å². The molecule has 0 aliphatic rings. The van der Waals surface area contributed by atoms with E-state index in [9.17, 15) is 22.5 Å². The summed E-state index contributed by atoms with van der Waals surface area (Å²) in [6.07, 6.45) is -5.60. The summed E-state index contributed by atoms with van der Waals surface area (Å²) in [5.74, 6) is -1.93. The molecule has 2 N–H and O–H groups in total. The van der Waals surface area contributed by atoms with E-state index in [0.717, 1.165) is 6.07 Å². The largest absolute Gasteiger partial charge is 0.598 e. The average molecular weight is 388 g/mol. The number of carboxylic acid groups (broad SMARTS) is 1. The molecule has 2 atom stereocenters. The van der Waals surface area contributed by atoms with Gasteiger partial charge < -0.3 is 14.4 Å². The number of alkyl halides is 3. The van der Waals surface area contributed by atoms with E-state index >= 15 is 0 Å². The summed E-state index contributed by atoms with van der Waals surface area (Å²) >= 11 is 4.22. The number of carboxylic acids is 1. The zero-order chi connectivity index (χ0) is 18.7. The van der Waals surface area contributed by atoms with E-state index in [0.29, 0.717) is 0 Å². The molecule has 24 heavy (non-hydrogen) atoms. The topological polar surface area (TPSA) is 81.6 Å². The van der Waals surface area contributed by atoms with Crippen molar-refractivity contribution in [2.24, 2.45) is 0 Å². The van der Waals surface area contributed by atoms with Gasteiger partial charge in [0, 0.05) is 21.9 Å². The number of aliphatic carboxylic acids is 1. The minimum Gasteiger partial charge on any atom is -0.598 e. The van der Waals surface area contributed by atoms with Crippen LogP contribution in [-0.4, -0.2) is 26.7 Å². The second-order valence-corrected chi connectivity index (χ2v) is 8.25. The number of nitrogens with one attached hydrogen (secondary N) is 1. The molecule has 0 radical (unpaired) electrons. The Bertz CT molecular complexity index is 592. The summed E-state index contributed by atoms with van der Waals surface area (Å²) in [5.41, 5.74) is -0.212. The minimum absolute atomic E-state index is 0.124. The molecular weight excluding hydrogens is 371 g/mol. The Kier molecular flexibility index (Phi) is 6.80. The fourth-order valence-corrected chi connectivity index (χ4v) is 2.86. The first kappa shape index (κ1) is 20.9. The molecule has 0 spiro atoms. The van der Waals surface area contributed by atoms with Crippen LogP contribution in [0, 0.1) is 0 Å². The van der Waals surface area contributed by atoms with Crippen LogP contribution >= 0.6 is 11.6 Å². The maximum absolute atomic E-state index is 12.6. The molecule has 136 valence electrons. The normalized spacial score (nSPS) is 15.0. The fourth-order valence-electron chi connectivity index (χ4n) is 1.75. The second kappa shape index (κ2) is 7.81. The maximum atomic E-state index is 12.6. The smallest absolute Gasteiger partial charge is 0.573 e. The molecule has 1 aromatic carbocycles. The fraction of sp³-hybridized carbons (Fsp3) is 0.500. The first-order valence-corrected chi connectivity index (χ1v) is 8.28. The molecule has 0 saturated carbocycles. The van der Waals surface area contributed by atoms with Gasteiger partial charge in [0.1, 0.15) is 10.5 Å². The van der Waals surface area contributed by atoms with Crippen LogP contribution in [-0.2, 0) is 16.2 Å². The lowest BCUT2D eigenvalue weighted by Crippen LogP contribution is -2.42. The molecular formula is C14H17ClF3NO4S. The number of ether oxygens (including phenoxy) is 1. The Balaban J connectivity index is 3.29. The number of hydrogen-bond donors (Lipinski definition) is 2. The lowest BCUT2D eigenvalue weighted by Gasteiger charge is -2.28. The molecule has 1 aromatic rings. The van der Waals surface area contributed by atoms with Crippen molar-refractivity contribution < 1.29 is 32.4 Å². The third-order valence-corrected chi connectivity index (χ3v) is 4.71. The van der Waals surface area contributed by atoms with Crippen molar-refractivity contribution in [3.8, 4) is 5.75 Å². The molecule has 0 aromatic heterocycles. The predicted molar refractivity (Wildman–Crippen MR) is 84.2 cm³/mol. The van der Waals surface area contributed by atoms with E-state index in [2.05, 4.69) is 9.46 Å². The third-order valence-electron chi connectivity index (χ3n) is 2.77. The van der Waals surface area contributed by atoms with Gasteiger partial charge in [0.2, 0.25) is 0 Å². The van der Waals surface area contributed by atoms with Crippen molar-refractivity contribution in [1.82, 2.24) is 4.72 Å². The van der Waals surface area contributed by atoms with Crippen LogP contribution in [0.15, 0.2) is 18.2 Å². The van der Waals surface area contributed by atoms with Gasteiger partial charge in [-0.15, -0.1) is 17.9 Å². The molecule has 5 nitrogen and oxygen atoms in total. The van der Waals surface area contributed by atoms with Gasteiger partial charge in [0.25, 0.3) is 0 Å². The van der Waals surface area contributed by atoms with Crippen LogP contribution < -0.4 is 9.46 Å². The van der Waals surface area contributed by atoms with E-state index in [1.807, 2.05) is 0 Å². The van der Waals surface area contributed by atoms with Crippen molar-refractivity contribution in [2.75, 3.05) is 0 Å². The van der Waals surface area contributed by atoms with E-state index in [4.69, 9.17) is 16.7 Å². The molecule has 1 rings (SSSR count). The van der Waals surface area contributed by atoms with Gasteiger partial charge >= 0.3 is 12.3 Å². The maximum Gasteiger partial charge on any atom is 0.573 e. The highest BCUT2D eigenvalue weighted by Gasteiger charge is 2.36. The molecule has 0 bridgehead atoms. The van der Waals surface area contributed by atoms with Crippen molar-refractivity contribution in [3.05, 3.63) is 28.8 Å². The molecule has 0 aliphatic carbocycles. The van der Waals surface area contributed by atoms with Gasteiger partial charge in [-0.3, -0.25) is 4.79 Å². The number of benzene rings is 1. The summed E-state index contributed by atoms with van der Waals surface area (Å²) in [6.45, 7) is 4.90. The van der Waals surface area contributed by atoms with Gasteiger partial charge in [-0.25, -0.2) is 0 Å². The Labute approximate surface area is 145 Å². The summed E-state index contributed by atoms with van der Waals surface area (Å²) in [4.78, 5) is 11.1. The monoisotopic (exact) mass is 387 g/mol. The highest BCUT2D eigenvalue weighted by molar-refractivity contribution is 7.90. The highest BCUT2D eigenvalue weighted by Crippen LogP contribution is 2.37. The predicted octanol–water partition coefficient (Wildman–Crippen LogP) is 3.81. The average Bonchev–Trinajstić information content (AvgIpc) is 2.34. The summed E-state index contributed by atoms with van der Waals surface area (Å²) in [5, 5.41) is 8.91. The number of hydrogen-bond acceptors (Lipinski definition) is 4. The Hall–Kier alpha value is -1.16. The molecule has 10 heteroatoms. The SMILES string of the molecule is CC(C)(C)[S@+]([O-])NC(CC(=O)O)c1c(Cl)cccc1OC(F)(F)F. The standard InChI is InChI=1S/C14H17ClF3NO4S/c1-13(2,3)24(22)19-9(7-11(20)21)12-8(15)5-4-6-10(12)23-14(16,17)18/h4-6,9,19H,7H2,1-3H3,(H,20,21)/t9?,24-/m0/s1. The van der Waals surface area contributed by atoms with Gasteiger partial charge in [0.05, 0.1) is 12.5 Å². The lowest BCUT2D eigenvalue weighted by molar-refractivity contribution is -0.275. The van der Waals surface area contributed by atoms with Crippen LogP contribution in [0.1, 0.15) is 38.8 Å². The molecule has 1 unspecified atom stereocenters. The first-order chi connectivity index (χ1) is 10.8. The van der Waals surface area contributed by atoms with Crippen LogP contribution in [0.3, 0.4) is 0 Å². The van der Waals surface area contributed by atoms with Gasteiger partial charge in [-0.1, -0.05) is 17.7 Å². The van der Waals surface area contributed by atoms with Gasteiger partial charge in [-0.2, -0.15) is 0 Å². The highest BCUT2D eigenvalue weighted by atomic mass is 35.5. The Morgan fingerprint density at radius 2 is 2.00 bits per heavy atom. The van der Waals surface area contributed by atoms with Crippen molar-refractivity contribution in [3.63, 3.8) is 0 Å². The quantitative estimate of drug-likeness (QED) is 0.725. The number of halogens is 4. The van der Waals surface area contributed by atoms with Gasteiger partial charge in [-0.05, 0) is 32.9 Å². The Morgan fingerprint density at radius 3 is 2.46 bits per heavy atom. The Morgan fingerprint density at radius 1 is 1.42 bits per heavy atom. The summed E-state index contributed by atoms with van der Waals surface area (Å²) in [6, 6.07) is 2.33. The summed E-state index contributed by atoms with van der Waals surface area (Å²) in [7, 11) is 0. The molecule has 0 amide bonds. The van der Waals surface area contributed by atoms with Crippen LogP contribution in [0.4, 0.5) is 13.2 Å². The van der Waals surface area contributed by atoms with E-state index in [1.165, 1.54) is 12.1 Å². The van der Waals surface area contributed by atoms with E-state index < -0.39 is 46.7 Å². The number of rotatable bonds is 6.